The van der Waals surface area contributed by atoms with E-state index >= 15 is 0 Å². The average molecular weight is 243 g/mol. The maximum Gasteiger partial charge on any atom is 0.182 e. The van der Waals surface area contributed by atoms with Crippen molar-refractivity contribution in [3.63, 3.8) is 0 Å². The van der Waals surface area contributed by atoms with Gasteiger partial charge in [0.2, 0.25) is 0 Å². The number of benzene rings is 1. The number of rotatable bonds is 2. The summed E-state index contributed by atoms with van der Waals surface area (Å²) in [6.45, 7) is 4.16. The van der Waals surface area contributed by atoms with Crippen molar-refractivity contribution in [3.05, 3.63) is 29.8 Å². The molecule has 1 N–H and O–H groups in total. The van der Waals surface area contributed by atoms with Gasteiger partial charge in [-0.25, -0.2) is 4.68 Å². The minimum Gasteiger partial charge on any atom is -0.317 e. The van der Waals surface area contributed by atoms with Crippen molar-refractivity contribution in [1.82, 2.24) is 25.5 Å². The molecule has 18 heavy (non-hydrogen) atoms. The number of nitrogens with zero attached hydrogens (tertiary/aromatic N) is 4. The molecule has 0 aliphatic carbocycles. The predicted molar refractivity (Wildman–Crippen MR) is 69.1 cm³/mol. The highest BCUT2D eigenvalue weighted by Gasteiger charge is 2.20. The Labute approximate surface area is 106 Å². The van der Waals surface area contributed by atoms with Gasteiger partial charge in [0.25, 0.3) is 0 Å². The van der Waals surface area contributed by atoms with Gasteiger partial charge in [-0.05, 0) is 43.3 Å². The van der Waals surface area contributed by atoms with Crippen LogP contribution in [0.25, 0.3) is 11.4 Å². The van der Waals surface area contributed by atoms with E-state index in [-0.39, 0.29) is 0 Å². The molecule has 1 aliphatic rings. The standard InChI is InChI=1S/C13H17N5/c1-10-2-4-11(5-3-10)13-15-16-17-18(13)12-6-8-14-9-7-12/h2-5,12,14H,6-9H2,1H3. The lowest BCUT2D eigenvalue weighted by atomic mass is 10.1. The highest BCUT2D eigenvalue weighted by Crippen LogP contribution is 2.24. The molecule has 3 rings (SSSR count). The molecule has 5 nitrogen and oxygen atoms in total. The summed E-state index contributed by atoms with van der Waals surface area (Å²) in [5, 5.41) is 15.5. The lowest BCUT2D eigenvalue weighted by molar-refractivity contribution is 0.340. The zero-order valence-electron chi connectivity index (χ0n) is 10.5. The maximum atomic E-state index is 4.17. The van der Waals surface area contributed by atoms with E-state index in [2.05, 4.69) is 52.0 Å². The molecule has 2 heterocycles. The Bertz CT molecular complexity index is 510. The Kier molecular flexibility index (Phi) is 3.06. The van der Waals surface area contributed by atoms with Gasteiger partial charge < -0.3 is 5.32 Å². The van der Waals surface area contributed by atoms with E-state index < -0.39 is 0 Å². The molecule has 1 aromatic carbocycles. The quantitative estimate of drug-likeness (QED) is 0.870. The maximum absolute atomic E-state index is 4.17. The van der Waals surface area contributed by atoms with Crippen LogP contribution in [0.1, 0.15) is 24.4 Å². The van der Waals surface area contributed by atoms with Gasteiger partial charge in [0.15, 0.2) is 5.82 Å². The summed E-state index contributed by atoms with van der Waals surface area (Å²) < 4.78 is 1.98. The molecular formula is C13H17N5. The number of hydrogen-bond acceptors (Lipinski definition) is 4. The smallest absolute Gasteiger partial charge is 0.182 e. The van der Waals surface area contributed by atoms with E-state index in [1.807, 2.05) is 4.68 Å². The Morgan fingerprint density at radius 3 is 2.61 bits per heavy atom. The fourth-order valence-electron chi connectivity index (χ4n) is 2.38. The first-order valence-electron chi connectivity index (χ1n) is 6.40. The number of nitrogens with one attached hydrogen (secondary N) is 1. The lowest BCUT2D eigenvalue weighted by Gasteiger charge is -2.23. The molecule has 0 saturated carbocycles. The Morgan fingerprint density at radius 2 is 1.89 bits per heavy atom. The Hall–Kier alpha value is -1.75. The van der Waals surface area contributed by atoms with Crippen molar-refractivity contribution in [1.29, 1.82) is 0 Å². The van der Waals surface area contributed by atoms with Crippen LogP contribution in [-0.4, -0.2) is 33.3 Å². The van der Waals surface area contributed by atoms with E-state index in [4.69, 9.17) is 0 Å². The fourth-order valence-corrected chi connectivity index (χ4v) is 2.38. The number of piperidine rings is 1. The number of hydrogen-bond donors (Lipinski definition) is 1. The molecule has 0 radical (unpaired) electrons. The molecule has 1 fully saturated rings. The van der Waals surface area contributed by atoms with Crippen LogP contribution in [0.2, 0.25) is 0 Å². The van der Waals surface area contributed by atoms with Crippen molar-refractivity contribution >= 4 is 0 Å². The van der Waals surface area contributed by atoms with Crippen LogP contribution in [0.3, 0.4) is 0 Å². The van der Waals surface area contributed by atoms with Crippen LogP contribution >= 0.6 is 0 Å². The van der Waals surface area contributed by atoms with E-state index in [9.17, 15) is 0 Å². The van der Waals surface area contributed by atoms with Gasteiger partial charge in [0.1, 0.15) is 0 Å². The number of tetrazole rings is 1. The molecule has 0 atom stereocenters. The normalized spacial score (nSPS) is 16.9. The summed E-state index contributed by atoms with van der Waals surface area (Å²) in [7, 11) is 0. The van der Waals surface area contributed by atoms with Crippen LogP contribution in [0.4, 0.5) is 0 Å². The monoisotopic (exact) mass is 243 g/mol. The van der Waals surface area contributed by atoms with Crippen LogP contribution in [0.5, 0.6) is 0 Å². The second kappa shape index (κ2) is 4.86. The van der Waals surface area contributed by atoms with Gasteiger partial charge in [-0.1, -0.05) is 29.8 Å². The van der Waals surface area contributed by atoms with Gasteiger partial charge in [0, 0.05) is 5.56 Å². The summed E-state index contributed by atoms with van der Waals surface area (Å²) in [5.74, 6) is 0.877. The minimum absolute atomic E-state index is 0.414. The first kappa shape index (κ1) is 11.3. The molecule has 5 heteroatoms. The van der Waals surface area contributed by atoms with Gasteiger partial charge in [-0.2, -0.15) is 0 Å². The zero-order chi connectivity index (χ0) is 12.4. The molecule has 2 aromatic rings. The van der Waals surface area contributed by atoms with Crippen LogP contribution < -0.4 is 5.32 Å². The SMILES string of the molecule is Cc1ccc(-c2nnnn2C2CCNCC2)cc1. The predicted octanol–water partition coefficient (Wildman–Crippen LogP) is 1.57. The topological polar surface area (TPSA) is 55.6 Å². The molecule has 1 saturated heterocycles. The van der Waals surface area contributed by atoms with E-state index in [0.29, 0.717) is 6.04 Å². The second-order valence-electron chi connectivity index (χ2n) is 4.79. The molecular weight excluding hydrogens is 226 g/mol. The van der Waals surface area contributed by atoms with Gasteiger partial charge in [-0.3, -0.25) is 0 Å². The summed E-state index contributed by atoms with van der Waals surface area (Å²) in [6, 6.07) is 8.77. The largest absolute Gasteiger partial charge is 0.317 e. The second-order valence-corrected chi connectivity index (χ2v) is 4.79. The molecule has 94 valence electrons. The third-order valence-corrected chi connectivity index (χ3v) is 3.46. The fraction of sp³-hybridized carbons (Fsp3) is 0.462. The minimum atomic E-state index is 0.414. The number of aryl methyl sites for hydroxylation is 1. The van der Waals surface area contributed by atoms with Crippen molar-refractivity contribution in [2.24, 2.45) is 0 Å². The van der Waals surface area contributed by atoms with Crippen LogP contribution in [0, 0.1) is 6.92 Å². The van der Waals surface area contributed by atoms with E-state index in [1.54, 1.807) is 0 Å². The molecule has 0 unspecified atom stereocenters. The van der Waals surface area contributed by atoms with Gasteiger partial charge >= 0.3 is 0 Å². The third kappa shape index (κ3) is 2.13. The molecule has 1 aromatic heterocycles. The molecule has 0 amide bonds. The zero-order valence-corrected chi connectivity index (χ0v) is 10.5. The van der Waals surface area contributed by atoms with Crippen LogP contribution in [-0.2, 0) is 0 Å². The van der Waals surface area contributed by atoms with Crippen LogP contribution in [0.15, 0.2) is 24.3 Å². The van der Waals surface area contributed by atoms with E-state index in [0.717, 1.165) is 37.3 Å². The first-order valence-corrected chi connectivity index (χ1v) is 6.40. The Balaban J connectivity index is 1.93. The Morgan fingerprint density at radius 1 is 1.17 bits per heavy atom. The molecule has 0 bridgehead atoms. The van der Waals surface area contributed by atoms with Crippen molar-refractivity contribution in [3.8, 4) is 11.4 Å². The summed E-state index contributed by atoms with van der Waals surface area (Å²) in [6.07, 6.45) is 2.17. The summed E-state index contributed by atoms with van der Waals surface area (Å²) in [5.41, 5.74) is 2.34. The van der Waals surface area contributed by atoms with Crippen molar-refractivity contribution in [2.75, 3.05) is 13.1 Å². The first-order chi connectivity index (χ1) is 8.84. The summed E-state index contributed by atoms with van der Waals surface area (Å²) in [4.78, 5) is 0. The highest BCUT2D eigenvalue weighted by molar-refractivity contribution is 5.55. The third-order valence-electron chi connectivity index (χ3n) is 3.46. The number of aromatic nitrogens is 4. The molecule has 0 spiro atoms. The van der Waals surface area contributed by atoms with Gasteiger partial charge in [0.05, 0.1) is 6.04 Å². The van der Waals surface area contributed by atoms with Gasteiger partial charge in [-0.15, -0.1) is 5.10 Å². The lowest BCUT2D eigenvalue weighted by Crippen LogP contribution is -2.30. The average Bonchev–Trinajstić information content (AvgIpc) is 2.90. The summed E-state index contributed by atoms with van der Waals surface area (Å²) >= 11 is 0. The highest BCUT2D eigenvalue weighted by atomic mass is 15.5. The van der Waals surface area contributed by atoms with Crippen molar-refractivity contribution in [2.45, 2.75) is 25.8 Å². The van der Waals surface area contributed by atoms with Crippen molar-refractivity contribution < 1.29 is 0 Å². The van der Waals surface area contributed by atoms with E-state index in [1.165, 1.54) is 5.56 Å². The molecule has 1 aliphatic heterocycles.